The first kappa shape index (κ1) is 21.0. The number of nitrogens with one attached hydrogen (secondary N) is 1. The smallest absolute Gasteiger partial charge is 0.257 e. The van der Waals surface area contributed by atoms with Crippen molar-refractivity contribution in [1.29, 1.82) is 0 Å². The van der Waals surface area contributed by atoms with E-state index in [2.05, 4.69) is 15.3 Å². The van der Waals surface area contributed by atoms with Crippen LogP contribution >= 0.6 is 22.7 Å². The molecule has 0 aliphatic heterocycles. The van der Waals surface area contributed by atoms with Gasteiger partial charge in [0.15, 0.2) is 5.13 Å². The van der Waals surface area contributed by atoms with Crippen LogP contribution in [0.2, 0.25) is 0 Å². The number of hydrogen-bond acceptors (Lipinski definition) is 7. The first-order chi connectivity index (χ1) is 15.0. The number of aryl methyl sites for hydroxylation is 1. The summed E-state index contributed by atoms with van der Waals surface area (Å²) in [4.78, 5) is 21.4. The third kappa shape index (κ3) is 5.07. The van der Waals surface area contributed by atoms with Gasteiger partial charge in [0.2, 0.25) is 0 Å². The van der Waals surface area contributed by atoms with Gasteiger partial charge in [0.05, 0.1) is 23.5 Å². The summed E-state index contributed by atoms with van der Waals surface area (Å²) < 4.78 is 24.7. The highest BCUT2D eigenvalue weighted by Gasteiger charge is 2.14. The van der Waals surface area contributed by atoms with Gasteiger partial charge in [-0.3, -0.25) is 10.1 Å². The van der Waals surface area contributed by atoms with Gasteiger partial charge < -0.3 is 9.47 Å². The zero-order valence-electron chi connectivity index (χ0n) is 16.7. The number of carbonyl (C=O) groups excluding carboxylic acids is 1. The van der Waals surface area contributed by atoms with Crippen molar-refractivity contribution in [2.24, 2.45) is 0 Å². The predicted molar refractivity (Wildman–Crippen MR) is 120 cm³/mol. The number of benzene rings is 2. The first-order valence-corrected chi connectivity index (χ1v) is 11.0. The van der Waals surface area contributed by atoms with Crippen molar-refractivity contribution >= 4 is 33.7 Å². The van der Waals surface area contributed by atoms with Crippen LogP contribution < -0.4 is 14.8 Å². The molecule has 1 N–H and O–H groups in total. The zero-order valence-corrected chi connectivity index (χ0v) is 18.3. The van der Waals surface area contributed by atoms with E-state index in [1.54, 1.807) is 47.0 Å². The Morgan fingerprint density at radius 2 is 2.00 bits per heavy atom. The molecule has 0 unspecified atom stereocenters. The molecule has 0 saturated carbocycles. The molecule has 0 aliphatic carbocycles. The Kier molecular flexibility index (Phi) is 6.24. The van der Waals surface area contributed by atoms with Crippen molar-refractivity contribution < 1.29 is 18.7 Å². The molecular weight excluding hydrogens is 437 g/mol. The lowest BCUT2D eigenvalue weighted by molar-refractivity contribution is 0.102. The van der Waals surface area contributed by atoms with Crippen molar-refractivity contribution in [2.45, 2.75) is 13.5 Å². The summed E-state index contributed by atoms with van der Waals surface area (Å²) in [5, 5.41) is 7.83. The Labute approximate surface area is 186 Å². The Morgan fingerprint density at radius 1 is 1.13 bits per heavy atom. The predicted octanol–water partition coefficient (Wildman–Crippen LogP) is 5.55. The summed E-state index contributed by atoms with van der Waals surface area (Å²) in [5.74, 6) is 0.369. The second-order valence-corrected chi connectivity index (χ2v) is 8.43. The highest BCUT2D eigenvalue weighted by Crippen LogP contribution is 2.33. The molecule has 0 spiro atoms. The minimum atomic E-state index is -0.390. The van der Waals surface area contributed by atoms with E-state index in [9.17, 15) is 9.18 Å². The Morgan fingerprint density at radius 3 is 2.77 bits per heavy atom. The Bertz CT molecular complexity index is 1220. The lowest BCUT2D eigenvalue weighted by Crippen LogP contribution is -2.11. The van der Waals surface area contributed by atoms with E-state index in [1.807, 2.05) is 12.3 Å². The lowest BCUT2D eigenvalue weighted by Gasteiger charge is -2.07. The molecule has 0 atom stereocenters. The van der Waals surface area contributed by atoms with E-state index < -0.39 is 0 Å². The molecule has 9 heteroatoms. The van der Waals surface area contributed by atoms with Crippen molar-refractivity contribution in [1.82, 2.24) is 9.97 Å². The highest BCUT2D eigenvalue weighted by molar-refractivity contribution is 7.14. The van der Waals surface area contributed by atoms with Gasteiger partial charge in [-0.2, -0.15) is 0 Å². The van der Waals surface area contributed by atoms with Crippen molar-refractivity contribution in [3.05, 3.63) is 75.3 Å². The van der Waals surface area contributed by atoms with Gasteiger partial charge in [-0.05, 0) is 43.3 Å². The van der Waals surface area contributed by atoms with Crippen LogP contribution in [0, 0.1) is 12.7 Å². The van der Waals surface area contributed by atoms with E-state index in [-0.39, 0.29) is 11.7 Å². The SMILES string of the molecule is COc1ccc(F)cc1-c1csc(NC(=O)c2cccc(OCc3csc(C)n3)c2)n1. The van der Waals surface area contributed by atoms with Gasteiger partial charge in [-0.25, -0.2) is 14.4 Å². The number of amides is 1. The number of methoxy groups -OCH3 is 1. The number of anilines is 1. The number of ether oxygens (including phenoxy) is 2. The maximum Gasteiger partial charge on any atom is 0.257 e. The molecule has 2 heterocycles. The molecule has 0 aliphatic rings. The highest BCUT2D eigenvalue weighted by atomic mass is 32.1. The van der Waals surface area contributed by atoms with Gasteiger partial charge in [-0.1, -0.05) is 6.07 Å². The largest absolute Gasteiger partial charge is 0.496 e. The number of halogens is 1. The molecule has 4 aromatic rings. The van der Waals surface area contributed by atoms with Gasteiger partial charge in [0.1, 0.15) is 23.9 Å². The standard InChI is InChI=1S/C22H18FN3O3S2/c1-13-24-16(11-30-13)10-29-17-5-3-4-14(8-17)21(27)26-22-25-19(12-31-22)18-9-15(23)6-7-20(18)28-2/h3-9,11-12H,10H2,1-2H3,(H,25,26,27). The normalized spacial score (nSPS) is 10.7. The van der Waals surface area contributed by atoms with Crippen molar-refractivity contribution in [2.75, 3.05) is 12.4 Å². The van der Waals surface area contributed by atoms with Crippen LogP contribution in [0.1, 0.15) is 21.1 Å². The molecule has 2 aromatic heterocycles. The van der Waals surface area contributed by atoms with E-state index in [0.717, 1.165) is 10.7 Å². The lowest BCUT2D eigenvalue weighted by atomic mass is 10.1. The summed E-state index contributed by atoms with van der Waals surface area (Å²) >= 11 is 2.81. The number of nitrogens with zero attached hydrogens (tertiary/aromatic N) is 2. The summed E-state index contributed by atoms with van der Waals surface area (Å²) in [6.45, 7) is 2.27. The minimum absolute atomic E-state index is 0.318. The summed E-state index contributed by atoms with van der Waals surface area (Å²) in [7, 11) is 1.51. The zero-order chi connectivity index (χ0) is 21.8. The van der Waals surface area contributed by atoms with Crippen LogP contribution in [0.25, 0.3) is 11.3 Å². The summed E-state index contributed by atoms with van der Waals surface area (Å²) in [5.41, 5.74) is 2.33. The van der Waals surface area contributed by atoms with Crippen LogP contribution in [0.3, 0.4) is 0 Å². The number of carbonyl (C=O) groups is 1. The molecule has 0 fully saturated rings. The van der Waals surface area contributed by atoms with E-state index in [1.165, 1.54) is 30.6 Å². The Hall–Kier alpha value is -3.30. The fraction of sp³-hybridized carbons (Fsp3) is 0.136. The molecule has 0 bridgehead atoms. The molecule has 6 nitrogen and oxygen atoms in total. The van der Waals surface area contributed by atoms with Gasteiger partial charge in [0, 0.05) is 21.9 Å². The molecule has 31 heavy (non-hydrogen) atoms. The van der Waals surface area contributed by atoms with Gasteiger partial charge >= 0.3 is 0 Å². The minimum Gasteiger partial charge on any atom is -0.496 e. The maximum absolute atomic E-state index is 13.7. The van der Waals surface area contributed by atoms with Crippen LogP contribution in [-0.2, 0) is 6.61 Å². The third-order valence-corrected chi connectivity index (χ3v) is 5.89. The number of aromatic nitrogens is 2. The fourth-order valence-corrected chi connectivity index (χ4v) is 4.17. The molecule has 158 valence electrons. The van der Waals surface area contributed by atoms with Gasteiger partial charge in [0.25, 0.3) is 5.91 Å². The first-order valence-electron chi connectivity index (χ1n) is 9.26. The molecule has 1 amide bonds. The monoisotopic (exact) mass is 455 g/mol. The van der Waals surface area contributed by atoms with Crippen LogP contribution in [-0.4, -0.2) is 23.0 Å². The molecule has 0 saturated heterocycles. The average molecular weight is 456 g/mol. The van der Waals surface area contributed by atoms with Crippen LogP contribution in [0.5, 0.6) is 11.5 Å². The number of rotatable bonds is 7. The summed E-state index contributed by atoms with van der Waals surface area (Å²) in [6, 6.07) is 11.1. The Balaban J connectivity index is 1.45. The second kappa shape index (κ2) is 9.23. The summed E-state index contributed by atoms with van der Waals surface area (Å²) in [6.07, 6.45) is 0. The fourth-order valence-electron chi connectivity index (χ4n) is 2.86. The molecular formula is C22H18FN3O3S2. The number of thiazole rings is 2. The topological polar surface area (TPSA) is 73.3 Å². The number of hydrogen-bond donors (Lipinski definition) is 1. The van der Waals surface area contributed by atoms with Crippen LogP contribution in [0.15, 0.2) is 53.2 Å². The molecule has 0 radical (unpaired) electrons. The second-order valence-electron chi connectivity index (χ2n) is 6.51. The third-order valence-electron chi connectivity index (χ3n) is 4.31. The quantitative estimate of drug-likeness (QED) is 0.395. The van der Waals surface area contributed by atoms with Crippen LogP contribution in [0.4, 0.5) is 9.52 Å². The van der Waals surface area contributed by atoms with E-state index >= 15 is 0 Å². The average Bonchev–Trinajstić information content (AvgIpc) is 3.41. The molecule has 2 aromatic carbocycles. The maximum atomic E-state index is 13.7. The molecule has 4 rings (SSSR count). The van der Waals surface area contributed by atoms with E-state index in [0.29, 0.717) is 40.1 Å². The van der Waals surface area contributed by atoms with Gasteiger partial charge in [-0.15, -0.1) is 22.7 Å². The van der Waals surface area contributed by atoms with E-state index in [4.69, 9.17) is 9.47 Å². The van der Waals surface area contributed by atoms with Crippen molar-refractivity contribution in [3.8, 4) is 22.8 Å². The van der Waals surface area contributed by atoms with Crippen molar-refractivity contribution in [3.63, 3.8) is 0 Å².